The number of rotatable bonds is 7. The molecule has 0 aromatic carbocycles. The fourth-order valence-electron chi connectivity index (χ4n) is 2.22. The molecule has 0 aliphatic carbocycles. The van der Waals surface area contributed by atoms with Gasteiger partial charge in [-0.15, -0.1) is 0 Å². The van der Waals surface area contributed by atoms with Gasteiger partial charge in [-0.25, -0.2) is 4.98 Å². The first-order chi connectivity index (χ1) is 8.58. The van der Waals surface area contributed by atoms with Crippen LogP contribution in [-0.4, -0.2) is 21.6 Å². The van der Waals surface area contributed by atoms with Gasteiger partial charge in [0.2, 0.25) is 0 Å². The maximum atomic E-state index is 9.33. The Kier molecular flexibility index (Phi) is 5.36. The van der Waals surface area contributed by atoms with E-state index in [2.05, 4.69) is 34.8 Å². The number of aryl methyl sites for hydroxylation is 2. The van der Waals surface area contributed by atoms with E-state index >= 15 is 0 Å². The van der Waals surface area contributed by atoms with E-state index in [1.807, 2.05) is 20.2 Å². The van der Waals surface area contributed by atoms with Gasteiger partial charge in [0.05, 0.1) is 18.1 Å². The zero-order chi connectivity index (χ0) is 13.6. The smallest absolute Gasteiger partial charge is 0.106 e. The van der Waals surface area contributed by atoms with Crippen LogP contribution in [0.1, 0.15) is 44.5 Å². The Hall–Kier alpha value is -1.34. The van der Waals surface area contributed by atoms with Crippen LogP contribution < -0.4 is 5.32 Å². The molecule has 0 aliphatic rings. The first kappa shape index (κ1) is 14.7. The molecule has 0 saturated carbocycles. The van der Waals surface area contributed by atoms with Crippen molar-refractivity contribution in [3.05, 3.63) is 17.7 Å². The lowest BCUT2D eigenvalue weighted by Crippen LogP contribution is -2.43. The number of nitriles is 1. The highest BCUT2D eigenvalue weighted by atomic mass is 15.1. The van der Waals surface area contributed by atoms with Crippen molar-refractivity contribution in [2.45, 2.75) is 59.0 Å². The lowest BCUT2D eigenvalue weighted by molar-refractivity contribution is 0.362. The molecule has 4 heteroatoms. The van der Waals surface area contributed by atoms with Gasteiger partial charge in [0.15, 0.2) is 0 Å². The van der Waals surface area contributed by atoms with E-state index in [4.69, 9.17) is 0 Å². The van der Waals surface area contributed by atoms with Crippen molar-refractivity contribution in [3.8, 4) is 6.07 Å². The molecule has 0 bridgehead atoms. The monoisotopic (exact) mass is 248 g/mol. The molecule has 1 aromatic rings. The van der Waals surface area contributed by atoms with Crippen molar-refractivity contribution in [1.82, 2.24) is 14.9 Å². The van der Waals surface area contributed by atoms with Crippen LogP contribution in [-0.2, 0) is 6.54 Å². The molecule has 0 spiro atoms. The maximum absolute atomic E-state index is 9.33. The van der Waals surface area contributed by atoms with Gasteiger partial charge < -0.3 is 4.57 Å². The maximum Gasteiger partial charge on any atom is 0.106 e. The first-order valence-electron chi connectivity index (χ1n) is 6.73. The predicted octanol–water partition coefficient (Wildman–Crippen LogP) is 2.56. The number of imidazole rings is 1. The standard InChI is InChI=1S/C14H24N4/c1-5-14(10-15,17-6-2)8-7-9-18-11-16-12(3)13(18)4/h11,17H,5-9H2,1-4H3. The van der Waals surface area contributed by atoms with E-state index in [1.165, 1.54) is 5.69 Å². The van der Waals surface area contributed by atoms with Gasteiger partial charge >= 0.3 is 0 Å². The molecule has 1 rings (SSSR count). The number of hydrogen-bond donors (Lipinski definition) is 1. The average Bonchev–Trinajstić information content (AvgIpc) is 2.69. The predicted molar refractivity (Wildman–Crippen MR) is 73.2 cm³/mol. The third-order valence-electron chi connectivity index (χ3n) is 3.68. The molecule has 0 radical (unpaired) electrons. The van der Waals surface area contributed by atoms with Crippen LogP contribution in [0, 0.1) is 25.2 Å². The van der Waals surface area contributed by atoms with E-state index in [0.717, 1.165) is 38.0 Å². The van der Waals surface area contributed by atoms with Gasteiger partial charge in [-0.1, -0.05) is 13.8 Å². The molecule has 1 aromatic heterocycles. The van der Waals surface area contributed by atoms with Crippen LogP contribution >= 0.6 is 0 Å². The zero-order valence-corrected chi connectivity index (χ0v) is 12.0. The largest absolute Gasteiger partial charge is 0.335 e. The lowest BCUT2D eigenvalue weighted by Gasteiger charge is -2.26. The minimum Gasteiger partial charge on any atom is -0.335 e. The van der Waals surface area contributed by atoms with Crippen molar-refractivity contribution in [3.63, 3.8) is 0 Å². The van der Waals surface area contributed by atoms with E-state index in [9.17, 15) is 5.26 Å². The molecule has 100 valence electrons. The first-order valence-corrected chi connectivity index (χ1v) is 6.73. The third-order valence-corrected chi connectivity index (χ3v) is 3.68. The molecular formula is C14H24N4. The summed E-state index contributed by atoms with van der Waals surface area (Å²) >= 11 is 0. The van der Waals surface area contributed by atoms with Crippen LogP contribution in [0.4, 0.5) is 0 Å². The van der Waals surface area contributed by atoms with Crippen molar-refractivity contribution in [2.75, 3.05) is 6.54 Å². The molecule has 0 amide bonds. The molecule has 4 nitrogen and oxygen atoms in total. The quantitative estimate of drug-likeness (QED) is 0.807. The van der Waals surface area contributed by atoms with Crippen LogP contribution in [0.25, 0.3) is 0 Å². The number of nitrogens with one attached hydrogen (secondary N) is 1. The van der Waals surface area contributed by atoms with Gasteiger partial charge in [-0.2, -0.15) is 5.26 Å². The second-order valence-corrected chi connectivity index (χ2v) is 4.79. The molecule has 1 unspecified atom stereocenters. The molecule has 0 fully saturated rings. The molecule has 18 heavy (non-hydrogen) atoms. The van der Waals surface area contributed by atoms with Gasteiger partial charge in [-0.3, -0.25) is 5.32 Å². The summed E-state index contributed by atoms with van der Waals surface area (Å²) in [4.78, 5) is 4.29. The third kappa shape index (κ3) is 3.33. The highest BCUT2D eigenvalue weighted by Gasteiger charge is 2.25. The lowest BCUT2D eigenvalue weighted by atomic mass is 9.92. The highest BCUT2D eigenvalue weighted by Crippen LogP contribution is 2.17. The molecule has 0 saturated heterocycles. The molecule has 1 N–H and O–H groups in total. The normalized spacial score (nSPS) is 14.2. The van der Waals surface area contributed by atoms with Gasteiger partial charge in [0.1, 0.15) is 5.54 Å². The Labute approximate surface area is 110 Å². The van der Waals surface area contributed by atoms with E-state index < -0.39 is 0 Å². The summed E-state index contributed by atoms with van der Waals surface area (Å²) < 4.78 is 2.17. The summed E-state index contributed by atoms with van der Waals surface area (Å²) in [5, 5.41) is 12.6. The zero-order valence-electron chi connectivity index (χ0n) is 12.0. The molecule has 1 atom stereocenters. The van der Waals surface area contributed by atoms with Crippen molar-refractivity contribution in [1.29, 1.82) is 5.26 Å². The average molecular weight is 248 g/mol. The fraction of sp³-hybridized carbons (Fsp3) is 0.714. The fourth-order valence-corrected chi connectivity index (χ4v) is 2.22. The van der Waals surface area contributed by atoms with Crippen molar-refractivity contribution >= 4 is 0 Å². The minimum absolute atomic E-state index is 0.363. The number of hydrogen-bond acceptors (Lipinski definition) is 3. The Morgan fingerprint density at radius 1 is 1.44 bits per heavy atom. The minimum atomic E-state index is -0.363. The summed E-state index contributed by atoms with van der Waals surface area (Å²) in [7, 11) is 0. The summed E-state index contributed by atoms with van der Waals surface area (Å²) in [6, 6.07) is 2.44. The number of aromatic nitrogens is 2. The van der Waals surface area contributed by atoms with E-state index in [1.54, 1.807) is 0 Å². The van der Waals surface area contributed by atoms with Gasteiger partial charge in [0, 0.05) is 12.2 Å². The highest BCUT2D eigenvalue weighted by molar-refractivity contribution is 5.09. The van der Waals surface area contributed by atoms with Crippen LogP contribution in [0.15, 0.2) is 6.33 Å². The summed E-state index contributed by atoms with van der Waals surface area (Å²) in [5.74, 6) is 0. The van der Waals surface area contributed by atoms with Crippen molar-refractivity contribution in [2.24, 2.45) is 0 Å². The molecule has 1 heterocycles. The van der Waals surface area contributed by atoms with E-state index in [-0.39, 0.29) is 5.54 Å². The van der Waals surface area contributed by atoms with Gasteiger partial charge in [-0.05, 0) is 39.7 Å². The second kappa shape index (κ2) is 6.55. The summed E-state index contributed by atoms with van der Waals surface area (Å²) in [5.41, 5.74) is 1.94. The van der Waals surface area contributed by atoms with E-state index in [0.29, 0.717) is 0 Å². The number of nitrogens with zero attached hydrogens (tertiary/aromatic N) is 3. The van der Waals surface area contributed by atoms with Crippen molar-refractivity contribution < 1.29 is 0 Å². The molecular weight excluding hydrogens is 224 g/mol. The Morgan fingerprint density at radius 3 is 2.61 bits per heavy atom. The molecule has 0 aliphatic heterocycles. The SMILES string of the molecule is CCNC(C#N)(CC)CCCn1cnc(C)c1C. The van der Waals surface area contributed by atoms with Gasteiger partial charge in [0.25, 0.3) is 0 Å². The summed E-state index contributed by atoms with van der Waals surface area (Å²) in [6.45, 7) is 10.00. The topological polar surface area (TPSA) is 53.6 Å². The van der Waals surface area contributed by atoms with Crippen LogP contribution in [0.5, 0.6) is 0 Å². The Morgan fingerprint density at radius 2 is 2.17 bits per heavy atom. The Balaban J connectivity index is 2.54. The van der Waals surface area contributed by atoms with Crippen LogP contribution in [0.3, 0.4) is 0 Å². The Bertz CT molecular complexity index is 416. The summed E-state index contributed by atoms with van der Waals surface area (Å²) in [6.07, 6.45) is 4.60. The second-order valence-electron chi connectivity index (χ2n) is 4.79. The van der Waals surface area contributed by atoms with Crippen LogP contribution in [0.2, 0.25) is 0 Å².